The van der Waals surface area contributed by atoms with Crippen molar-refractivity contribution in [1.82, 2.24) is 14.7 Å². The Hall–Kier alpha value is -1.70. The second-order valence-corrected chi connectivity index (χ2v) is 7.54. The van der Waals surface area contributed by atoms with Gasteiger partial charge >= 0.3 is 0 Å². The Morgan fingerprint density at radius 3 is 2.96 bits per heavy atom. The Kier molecular flexibility index (Phi) is 5.03. The van der Waals surface area contributed by atoms with Gasteiger partial charge in [0.1, 0.15) is 10.5 Å². The number of thiazole rings is 1. The summed E-state index contributed by atoms with van der Waals surface area (Å²) in [5.41, 5.74) is 0.750. The number of carbonyl (C=O) groups excluding carboxylic acids is 1. The SMILES string of the molecule is CCCCCNC(=O)c1sc(=S)n2c1[nH]c(=O)c1ccc(Cl)cc12. The van der Waals surface area contributed by atoms with Crippen molar-refractivity contribution in [3.63, 3.8) is 0 Å². The molecular formula is C16H16ClN3O2S2. The predicted molar refractivity (Wildman–Crippen MR) is 101 cm³/mol. The standard InChI is InChI=1S/C16H16ClN3O2S2/c1-2-3-4-7-18-15(22)12-13-19-14(21)10-6-5-9(17)8-11(10)20(13)16(23)24-12/h5-6,8H,2-4,7H2,1H3,(H,18,22)(H,19,21). The molecule has 0 aliphatic carbocycles. The van der Waals surface area contributed by atoms with Gasteiger partial charge in [-0.3, -0.25) is 14.0 Å². The zero-order chi connectivity index (χ0) is 17.3. The minimum Gasteiger partial charge on any atom is -0.351 e. The molecule has 1 aromatic carbocycles. The first kappa shape index (κ1) is 17.1. The molecule has 2 heterocycles. The molecule has 5 nitrogen and oxygen atoms in total. The summed E-state index contributed by atoms with van der Waals surface area (Å²) in [4.78, 5) is 27.9. The highest BCUT2D eigenvalue weighted by Gasteiger charge is 2.17. The summed E-state index contributed by atoms with van der Waals surface area (Å²) in [5.74, 6) is -0.221. The maximum atomic E-state index is 12.4. The van der Waals surface area contributed by atoms with Crippen LogP contribution in [0.1, 0.15) is 35.9 Å². The number of unbranched alkanes of at least 4 members (excludes halogenated alkanes) is 2. The lowest BCUT2D eigenvalue weighted by Gasteiger charge is -2.05. The minimum atomic E-state index is -0.269. The van der Waals surface area contributed by atoms with Gasteiger partial charge < -0.3 is 10.3 Å². The molecule has 0 fully saturated rings. The Bertz CT molecular complexity index is 1040. The Balaban J connectivity index is 2.11. The number of nitrogens with zero attached hydrogens (tertiary/aromatic N) is 1. The van der Waals surface area contributed by atoms with E-state index in [0.29, 0.717) is 36.9 Å². The molecule has 8 heteroatoms. The van der Waals surface area contributed by atoms with E-state index in [1.54, 1.807) is 22.6 Å². The highest BCUT2D eigenvalue weighted by molar-refractivity contribution is 7.73. The number of hydrogen-bond acceptors (Lipinski definition) is 4. The number of H-pyrrole nitrogens is 1. The van der Waals surface area contributed by atoms with Crippen LogP contribution in [-0.4, -0.2) is 21.8 Å². The molecule has 126 valence electrons. The summed E-state index contributed by atoms with van der Waals surface area (Å²) in [7, 11) is 0. The largest absolute Gasteiger partial charge is 0.351 e. The van der Waals surface area contributed by atoms with E-state index in [2.05, 4.69) is 17.2 Å². The molecule has 0 aliphatic heterocycles. The van der Waals surface area contributed by atoms with Crippen molar-refractivity contribution in [3.8, 4) is 0 Å². The number of halogens is 1. The van der Waals surface area contributed by atoms with Crippen molar-refractivity contribution < 1.29 is 4.79 Å². The fraction of sp³-hybridized carbons (Fsp3) is 0.312. The quantitative estimate of drug-likeness (QED) is 0.515. The van der Waals surface area contributed by atoms with Crippen LogP contribution >= 0.6 is 35.2 Å². The summed E-state index contributed by atoms with van der Waals surface area (Å²) < 4.78 is 2.19. The Labute approximate surface area is 152 Å². The van der Waals surface area contributed by atoms with E-state index in [4.69, 9.17) is 23.8 Å². The van der Waals surface area contributed by atoms with Crippen LogP contribution in [0.4, 0.5) is 0 Å². The van der Waals surface area contributed by atoms with Crippen LogP contribution in [0.5, 0.6) is 0 Å². The van der Waals surface area contributed by atoms with Gasteiger partial charge in [-0.25, -0.2) is 0 Å². The lowest BCUT2D eigenvalue weighted by molar-refractivity contribution is 0.0958. The number of amides is 1. The third-order valence-electron chi connectivity index (χ3n) is 3.76. The molecule has 1 amide bonds. The third kappa shape index (κ3) is 3.11. The van der Waals surface area contributed by atoms with Crippen LogP contribution in [0.2, 0.25) is 5.02 Å². The molecule has 0 radical (unpaired) electrons. The first-order valence-corrected chi connectivity index (χ1v) is 9.28. The zero-order valence-corrected chi connectivity index (χ0v) is 15.4. The first-order chi connectivity index (χ1) is 11.5. The third-order valence-corrected chi connectivity index (χ3v) is 5.37. The zero-order valence-electron chi connectivity index (χ0n) is 13.0. The molecule has 0 unspecified atom stereocenters. The lowest BCUT2D eigenvalue weighted by Crippen LogP contribution is -2.24. The molecule has 24 heavy (non-hydrogen) atoms. The number of benzene rings is 1. The van der Waals surface area contributed by atoms with Crippen LogP contribution in [-0.2, 0) is 0 Å². The minimum absolute atomic E-state index is 0.221. The van der Waals surface area contributed by atoms with Crippen molar-refractivity contribution in [2.24, 2.45) is 0 Å². The van der Waals surface area contributed by atoms with Gasteiger partial charge in [0, 0.05) is 11.6 Å². The summed E-state index contributed by atoms with van der Waals surface area (Å²) in [6, 6.07) is 4.99. The topological polar surface area (TPSA) is 66.4 Å². The number of rotatable bonds is 5. The highest BCUT2D eigenvalue weighted by atomic mass is 35.5. The second kappa shape index (κ2) is 7.04. The number of nitrogens with one attached hydrogen (secondary N) is 2. The number of hydrogen-bond donors (Lipinski definition) is 2. The van der Waals surface area contributed by atoms with Crippen LogP contribution in [0.15, 0.2) is 23.0 Å². The van der Waals surface area contributed by atoms with Crippen LogP contribution in [0.3, 0.4) is 0 Å². The monoisotopic (exact) mass is 381 g/mol. The maximum Gasteiger partial charge on any atom is 0.265 e. The van der Waals surface area contributed by atoms with Crippen molar-refractivity contribution >= 4 is 57.6 Å². The first-order valence-electron chi connectivity index (χ1n) is 7.68. The van der Waals surface area contributed by atoms with E-state index in [1.165, 1.54) is 11.3 Å². The van der Waals surface area contributed by atoms with Crippen molar-refractivity contribution in [2.45, 2.75) is 26.2 Å². The predicted octanol–water partition coefficient (Wildman–Crippen LogP) is 4.15. The summed E-state index contributed by atoms with van der Waals surface area (Å²) in [6.07, 6.45) is 3.07. The van der Waals surface area contributed by atoms with Gasteiger partial charge in [-0.1, -0.05) is 42.7 Å². The lowest BCUT2D eigenvalue weighted by atomic mass is 10.2. The number of aromatic nitrogens is 2. The van der Waals surface area contributed by atoms with Gasteiger partial charge in [0.2, 0.25) is 0 Å². The Morgan fingerprint density at radius 1 is 1.42 bits per heavy atom. The molecular weight excluding hydrogens is 366 g/mol. The molecule has 2 N–H and O–H groups in total. The fourth-order valence-corrected chi connectivity index (χ4v) is 4.04. The molecule has 3 aromatic rings. The normalized spacial score (nSPS) is 11.2. The van der Waals surface area contributed by atoms with Gasteiger partial charge in [0.15, 0.2) is 3.95 Å². The van der Waals surface area contributed by atoms with E-state index in [0.717, 1.165) is 19.3 Å². The maximum absolute atomic E-state index is 12.4. The van der Waals surface area contributed by atoms with E-state index in [-0.39, 0.29) is 11.5 Å². The molecule has 0 saturated heterocycles. The van der Waals surface area contributed by atoms with E-state index < -0.39 is 0 Å². The van der Waals surface area contributed by atoms with Crippen molar-refractivity contribution in [3.05, 3.63) is 42.4 Å². The number of aromatic amines is 1. The van der Waals surface area contributed by atoms with Crippen molar-refractivity contribution in [1.29, 1.82) is 0 Å². The summed E-state index contributed by atoms with van der Waals surface area (Å²) >= 11 is 12.6. The van der Waals surface area contributed by atoms with E-state index in [9.17, 15) is 9.59 Å². The average molecular weight is 382 g/mol. The fourth-order valence-electron chi connectivity index (χ4n) is 2.57. The molecule has 3 rings (SSSR count). The van der Waals surface area contributed by atoms with Gasteiger partial charge in [0.05, 0.1) is 10.9 Å². The van der Waals surface area contributed by atoms with E-state index in [1.807, 2.05) is 0 Å². The van der Waals surface area contributed by atoms with Crippen LogP contribution in [0.25, 0.3) is 16.6 Å². The molecule has 0 spiro atoms. The number of fused-ring (bicyclic) bond motifs is 3. The number of carbonyl (C=O) groups is 1. The molecule has 2 aromatic heterocycles. The summed E-state index contributed by atoms with van der Waals surface area (Å²) in [6.45, 7) is 2.71. The van der Waals surface area contributed by atoms with Crippen LogP contribution in [0, 0.1) is 3.95 Å². The van der Waals surface area contributed by atoms with Gasteiger partial charge in [-0.2, -0.15) is 0 Å². The van der Waals surface area contributed by atoms with Gasteiger partial charge in [0.25, 0.3) is 11.5 Å². The highest BCUT2D eigenvalue weighted by Crippen LogP contribution is 2.24. The van der Waals surface area contributed by atoms with Crippen molar-refractivity contribution in [2.75, 3.05) is 6.54 Å². The average Bonchev–Trinajstić information content (AvgIpc) is 2.88. The van der Waals surface area contributed by atoms with Gasteiger partial charge in [-0.15, -0.1) is 0 Å². The molecule has 0 saturated carbocycles. The molecule has 0 aliphatic rings. The summed E-state index contributed by atoms with van der Waals surface area (Å²) in [5, 5.41) is 3.87. The van der Waals surface area contributed by atoms with Gasteiger partial charge in [-0.05, 0) is 36.8 Å². The molecule has 0 atom stereocenters. The van der Waals surface area contributed by atoms with Crippen LogP contribution < -0.4 is 10.9 Å². The molecule has 0 bridgehead atoms. The Morgan fingerprint density at radius 2 is 2.21 bits per heavy atom. The van der Waals surface area contributed by atoms with E-state index >= 15 is 0 Å². The smallest absolute Gasteiger partial charge is 0.265 e. The second-order valence-electron chi connectivity index (χ2n) is 5.46.